The molecule has 0 saturated carbocycles. The van der Waals surface area contributed by atoms with Crippen LogP contribution in [0.2, 0.25) is 0 Å². The molecule has 1 aliphatic rings. The molecule has 2 N–H and O–H groups in total. The Kier molecular flexibility index (Phi) is 4.71. The van der Waals surface area contributed by atoms with Crippen LogP contribution in [-0.2, 0) is 17.8 Å². The Morgan fingerprint density at radius 2 is 2.13 bits per heavy atom. The number of carbonyl (C=O) groups is 1. The van der Waals surface area contributed by atoms with Gasteiger partial charge in [-0.3, -0.25) is 9.69 Å². The van der Waals surface area contributed by atoms with Crippen molar-refractivity contribution in [2.75, 3.05) is 6.54 Å². The van der Waals surface area contributed by atoms with Crippen molar-refractivity contribution >= 4 is 5.91 Å². The van der Waals surface area contributed by atoms with E-state index in [0.29, 0.717) is 18.3 Å². The number of hydrogen-bond donors (Lipinski definition) is 1. The van der Waals surface area contributed by atoms with E-state index < -0.39 is 0 Å². The highest BCUT2D eigenvalue weighted by molar-refractivity contribution is 5.79. The Labute approximate surface area is 135 Å². The lowest BCUT2D eigenvalue weighted by Crippen LogP contribution is -2.47. The average Bonchev–Trinajstić information content (AvgIpc) is 3.04. The molecule has 1 aliphatic heterocycles. The third kappa shape index (κ3) is 3.59. The fourth-order valence-electron chi connectivity index (χ4n) is 3.00. The molecule has 1 amide bonds. The second kappa shape index (κ2) is 6.91. The van der Waals surface area contributed by atoms with E-state index in [9.17, 15) is 4.79 Å². The number of piperidine rings is 1. The maximum absolute atomic E-state index is 11.6. The van der Waals surface area contributed by atoms with Crippen molar-refractivity contribution < 1.29 is 9.32 Å². The van der Waals surface area contributed by atoms with Gasteiger partial charge in [0.15, 0.2) is 0 Å². The number of nitrogens with two attached hydrogens (primary N) is 1. The molecule has 122 valence electrons. The summed E-state index contributed by atoms with van der Waals surface area (Å²) < 4.78 is 5.35. The molecule has 1 unspecified atom stereocenters. The van der Waals surface area contributed by atoms with Crippen LogP contribution < -0.4 is 5.73 Å². The molecule has 0 spiro atoms. The number of aryl methyl sites for hydroxylation is 1. The van der Waals surface area contributed by atoms with Gasteiger partial charge in [-0.15, -0.1) is 0 Å². The fraction of sp³-hybridized carbons (Fsp3) is 0.471. The number of amides is 1. The zero-order valence-electron chi connectivity index (χ0n) is 13.4. The Hall–Kier alpha value is -2.21. The zero-order chi connectivity index (χ0) is 16.2. The lowest BCUT2D eigenvalue weighted by atomic mass is 10.0. The molecule has 1 saturated heterocycles. The number of carbonyl (C=O) groups excluding carboxylic acids is 1. The Morgan fingerprint density at radius 3 is 2.83 bits per heavy atom. The van der Waals surface area contributed by atoms with Gasteiger partial charge in [-0.2, -0.15) is 4.98 Å². The molecule has 6 nitrogen and oxygen atoms in total. The smallest absolute Gasteiger partial charge is 0.241 e. The molecule has 2 heterocycles. The number of hydrogen-bond acceptors (Lipinski definition) is 5. The van der Waals surface area contributed by atoms with Gasteiger partial charge in [0, 0.05) is 5.56 Å². The van der Waals surface area contributed by atoms with Crippen LogP contribution in [0.15, 0.2) is 28.8 Å². The average molecular weight is 314 g/mol. The Balaban J connectivity index is 1.72. The summed E-state index contributed by atoms with van der Waals surface area (Å²) in [4.78, 5) is 18.0. The van der Waals surface area contributed by atoms with Gasteiger partial charge in [-0.25, -0.2) is 0 Å². The van der Waals surface area contributed by atoms with Crippen molar-refractivity contribution in [3.8, 4) is 11.4 Å². The lowest BCUT2D eigenvalue weighted by molar-refractivity contribution is -0.124. The summed E-state index contributed by atoms with van der Waals surface area (Å²) >= 11 is 0. The zero-order valence-corrected chi connectivity index (χ0v) is 13.4. The molecule has 1 atom stereocenters. The summed E-state index contributed by atoms with van der Waals surface area (Å²) in [6.07, 6.45) is 3.89. The molecule has 23 heavy (non-hydrogen) atoms. The van der Waals surface area contributed by atoms with E-state index in [1.54, 1.807) is 0 Å². The molecule has 6 heteroatoms. The van der Waals surface area contributed by atoms with Crippen LogP contribution in [-0.4, -0.2) is 33.5 Å². The highest BCUT2D eigenvalue weighted by Gasteiger charge is 2.28. The van der Waals surface area contributed by atoms with Gasteiger partial charge < -0.3 is 10.3 Å². The van der Waals surface area contributed by atoms with E-state index in [1.165, 1.54) is 5.56 Å². The molecular weight excluding hydrogens is 292 g/mol. The van der Waals surface area contributed by atoms with Crippen molar-refractivity contribution in [3.05, 3.63) is 35.7 Å². The van der Waals surface area contributed by atoms with Gasteiger partial charge in [0.05, 0.1) is 12.6 Å². The van der Waals surface area contributed by atoms with Crippen LogP contribution in [0.25, 0.3) is 11.4 Å². The minimum atomic E-state index is -0.278. The molecule has 2 aromatic rings. The summed E-state index contributed by atoms with van der Waals surface area (Å²) in [6.45, 7) is 3.42. The summed E-state index contributed by atoms with van der Waals surface area (Å²) in [5.41, 5.74) is 7.69. The van der Waals surface area contributed by atoms with Gasteiger partial charge in [0.1, 0.15) is 0 Å². The van der Waals surface area contributed by atoms with Crippen LogP contribution in [0.5, 0.6) is 0 Å². The molecule has 3 rings (SSSR count). The van der Waals surface area contributed by atoms with Crippen LogP contribution in [0.3, 0.4) is 0 Å². The van der Waals surface area contributed by atoms with E-state index in [1.807, 2.05) is 17.0 Å². The third-order valence-electron chi connectivity index (χ3n) is 4.37. The monoisotopic (exact) mass is 314 g/mol. The number of rotatable bonds is 5. The minimum absolute atomic E-state index is 0.233. The molecule has 0 bridgehead atoms. The first-order chi connectivity index (χ1) is 11.2. The first kappa shape index (κ1) is 15.7. The predicted molar refractivity (Wildman–Crippen MR) is 86.4 cm³/mol. The van der Waals surface area contributed by atoms with Crippen molar-refractivity contribution in [2.24, 2.45) is 5.73 Å². The summed E-state index contributed by atoms with van der Waals surface area (Å²) in [6, 6.07) is 7.90. The van der Waals surface area contributed by atoms with E-state index in [4.69, 9.17) is 10.3 Å². The SMILES string of the molecule is CCc1ccc(-c2noc(CN3CCCCC3C(N)=O)n2)cc1. The normalized spacial score (nSPS) is 18.9. The fourth-order valence-corrected chi connectivity index (χ4v) is 3.00. The summed E-state index contributed by atoms with van der Waals surface area (Å²) in [5.74, 6) is 0.822. The van der Waals surface area contributed by atoms with Crippen LogP contribution in [0, 0.1) is 0 Å². The van der Waals surface area contributed by atoms with Gasteiger partial charge in [0.2, 0.25) is 17.6 Å². The molecule has 1 aromatic carbocycles. The molecule has 1 aromatic heterocycles. The predicted octanol–water partition coefficient (Wildman–Crippen LogP) is 2.14. The van der Waals surface area contributed by atoms with Crippen LogP contribution in [0.4, 0.5) is 0 Å². The first-order valence-electron chi connectivity index (χ1n) is 8.12. The van der Waals surface area contributed by atoms with Crippen LogP contribution in [0.1, 0.15) is 37.6 Å². The lowest BCUT2D eigenvalue weighted by Gasteiger charge is -2.32. The summed E-state index contributed by atoms with van der Waals surface area (Å²) in [7, 11) is 0. The number of nitrogens with zero attached hydrogens (tertiary/aromatic N) is 3. The van der Waals surface area contributed by atoms with Gasteiger partial charge >= 0.3 is 0 Å². The minimum Gasteiger partial charge on any atom is -0.368 e. The molecule has 0 radical (unpaired) electrons. The van der Waals surface area contributed by atoms with E-state index in [-0.39, 0.29) is 11.9 Å². The van der Waals surface area contributed by atoms with Gasteiger partial charge in [0.25, 0.3) is 0 Å². The molecular formula is C17H22N4O2. The third-order valence-corrected chi connectivity index (χ3v) is 4.37. The first-order valence-corrected chi connectivity index (χ1v) is 8.12. The van der Waals surface area contributed by atoms with E-state index in [0.717, 1.165) is 37.8 Å². The van der Waals surface area contributed by atoms with Gasteiger partial charge in [-0.05, 0) is 31.4 Å². The van der Waals surface area contributed by atoms with E-state index in [2.05, 4.69) is 29.2 Å². The number of likely N-dealkylation sites (tertiary alicyclic amines) is 1. The largest absolute Gasteiger partial charge is 0.368 e. The van der Waals surface area contributed by atoms with Crippen molar-refractivity contribution in [1.82, 2.24) is 15.0 Å². The van der Waals surface area contributed by atoms with Crippen molar-refractivity contribution in [2.45, 2.75) is 45.2 Å². The molecule has 0 aliphatic carbocycles. The quantitative estimate of drug-likeness (QED) is 0.914. The second-order valence-electron chi connectivity index (χ2n) is 5.95. The Bertz CT molecular complexity index is 665. The van der Waals surface area contributed by atoms with Crippen LogP contribution >= 0.6 is 0 Å². The Morgan fingerprint density at radius 1 is 1.35 bits per heavy atom. The topological polar surface area (TPSA) is 85.3 Å². The van der Waals surface area contributed by atoms with Crippen molar-refractivity contribution in [1.29, 1.82) is 0 Å². The maximum Gasteiger partial charge on any atom is 0.241 e. The van der Waals surface area contributed by atoms with Crippen molar-refractivity contribution in [3.63, 3.8) is 0 Å². The van der Waals surface area contributed by atoms with Gasteiger partial charge in [-0.1, -0.05) is 42.8 Å². The molecule has 1 fully saturated rings. The highest BCUT2D eigenvalue weighted by Crippen LogP contribution is 2.21. The summed E-state index contributed by atoms with van der Waals surface area (Å²) in [5, 5.41) is 4.05. The maximum atomic E-state index is 11.6. The highest BCUT2D eigenvalue weighted by atomic mass is 16.5. The van der Waals surface area contributed by atoms with E-state index >= 15 is 0 Å². The number of benzene rings is 1. The second-order valence-corrected chi connectivity index (χ2v) is 5.95. The standard InChI is InChI=1S/C17H22N4O2/c1-2-12-6-8-13(9-7-12)17-19-15(23-20-17)11-21-10-4-3-5-14(21)16(18)22/h6-9,14H,2-5,10-11H2,1H3,(H2,18,22). The number of aromatic nitrogens is 2. The number of primary amides is 1.